The molecule has 0 aromatic carbocycles. The number of nitrogens with one attached hydrogen (secondary N) is 1. The van der Waals surface area contributed by atoms with Crippen LogP contribution < -0.4 is 5.32 Å². The van der Waals surface area contributed by atoms with Crippen LogP contribution in [0.15, 0.2) is 11.8 Å². The standard InChI is InChI=1S/C13H25NO2/c1-4-7-14-12(9-11(2)10-15-3)13-6-5-8-16-13/h6,11-12,14H,4-5,7-10H2,1-3H3. The van der Waals surface area contributed by atoms with Gasteiger partial charge in [-0.3, -0.25) is 0 Å². The second kappa shape index (κ2) is 7.69. The van der Waals surface area contributed by atoms with Gasteiger partial charge in [-0.15, -0.1) is 0 Å². The summed E-state index contributed by atoms with van der Waals surface area (Å²) >= 11 is 0. The van der Waals surface area contributed by atoms with E-state index in [1.807, 2.05) is 0 Å². The minimum Gasteiger partial charge on any atom is -0.496 e. The molecule has 1 rings (SSSR count). The second-order valence-electron chi connectivity index (χ2n) is 4.55. The minimum absolute atomic E-state index is 0.368. The Bertz CT molecular complexity index is 216. The Morgan fingerprint density at radius 3 is 2.94 bits per heavy atom. The number of ether oxygens (including phenoxy) is 2. The van der Waals surface area contributed by atoms with Gasteiger partial charge in [0.2, 0.25) is 0 Å². The molecule has 0 saturated heterocycles. The molecule has 0 aromatic rings. The third-order valence-corrected chi connectivity index (χ3v) is 2.81. The second-order valence-corrected chi connectivity index (χ2v) is 4.55. The number of hydrogen-bond donors (Lipinski definition) is 1. The Labute approximate surface area is 99.2 Å². The normalized spacial score (nSPS) is 19.1. The van der Waals surface area contributed by atoms with E-state index >= 15 is 0 Å². The molecule has 0 amide bonds. The summed E-state index contributed by atoms with van der Waals surface area (Å²) in [6.07, 6.45) is 5.51. The largest absolute Gasteiger partial charge is 0.496 e. The summed E-state index contributed by atoms with van der Waals surface area (Å²) < 4.78 is 10.8. The van der Waals surface area contributed by atoms with Gasteiger partial charge in [0.25, 0.3) is 0 Å². The van der Waals surface area contributed by atoms with Gasteiger partial charge < -0.3 is 14.8 Å². The predicted molar refractivity (Wildman–Crippen MR) is 66.4 cm³/mol. The summed E-state index contributed by atoms with van der Waals surface area (Å²) in [4.78, 5) is 0. The maximum absolute atomic E-state index is 5.65. The van der Waals surface area contributed by atoms with E-state index in [2.05, 4.69) is 25.2 Å². The number of hydrogen-bond acceptors (Lipinski definition) is 3. The van der Waals surface area contributed by atoms with E-state index in [0.717, 1.165) is 44.8 Å². The molecular weight excluding hydrogens is 202 g/mol. The number of rotatable bonds is 8. The maximum atomic E-state index is 5.65. The highest BCUT2D eigenvalue weighted by Gasteiger charge is 2.20. The molecule has 94 valence electrons. The zero-order valence-electron chi connectivity index (χ0n) is 10.8. The van der Waals surface area contributed by atoms with E-state index in [4.69, 9.17) is 9.47 Å². The van der Waals surface area contributed by atoms with Crippen LogP contribution in [0.2, 0.25) is 0 Å². The Morgan fingerprint density at radius 1 is 1.56 bits per heavy atom. The highest BCUT2D eigenvalue weighted by molar-refractivity contribution is 5.07. The predicted octanol–water partition coefficient (Wildman–Crippen LogP) is 2.33. The molecule has 0 spiro atoms. The van der Waals surface area contributed by atoms with Gasteiger partial charge in [-0.1, -0.05) is 13.8 Å². The van der Waals surface area contributed by atoms with Crippen LogP contribution in [0.5, 0.6) is 0 Å². The molecule has 2 unspecified atom stereocenters. The molecule has 0 saturated carbocycles. The van der Waals surface area contributed by atoms with Gasteiger partial charge in [-0.25, -0.2) is 0 Å². The average Bonchev–Trinajstić information content (AvgIpc) is 2.77. The van der Waals surface area contributed by atoms with Crippen molar-refractivity contribution in [2.24, 2.45) is 5.92 Å². The van der Waals surface area contributed by atoms with Crippen LogP contribution >= 0.6 is 0 Å². The van der Waals surface area contributed by atoms with Gasteiger partial charge in [0.05, 0.1) is 12.6 Å². The van der Waals surface area contributed by atoms with E-state index in [9.17, 15) is 0 Å². The molecule has 0 radical (unpaired) electrons. The molecule has 0 fully saturated rings. The smallest absolute Gasteiger partial charge is 0.109 e. The van der Waals surface area contributed by atoms with Crippen molar-refractivity contribution in [3.63, 3.8) is 0 Å². The lowest BCUT2D eigenvalue weighted by molar-refractivity contribution is 0.142. The SMILES string of the molecule is CCCNC(CC(C)COC)C1=CCCO1. The zero-order chi connectivity index (χ0) is 11.8. The molecule has 3 heteroatoms. The Morgan fingerprint density at radius 2 is 2.38 bits per heavy atom. The first kappa shape index (κ1) is 13.5. The molecule has 1 aliphatic heterocycles. The summed E-state index contributed by atoms with van der Waals surface area (Å²) in [5.74, 6) is 1.70. The Hall–Kier alpha value is -0.540. The van der Waals surface area contributed by atoms with Crippen LogP contribution in [0.25, 0.3) is 0 Å². The highest BCUT2D eigenvalue weighted by Crippen LogP contribution is 2.19. The monoisotopic (exact) mass is 227 g/mol. The highest BCUT2D eigenvalue weighted by atomic mass is 16.5. The molecule has 0 aromatic heterocycles. The van der Waals surface area contributed by atoms with Gasteiger partial charge in [0.1, 0.15) is 5.76 Å². The van der Waals surface area contributed by atoms with E-state index in [1.54, 1.807) is 7.11 Å². The van der Waals surface area contributed by atoms with Crippen molar-refractivity contribution in [1.82, 2.24) is 5.32 Å². The summed E-state index contributed by atoms with van der Waals surface area (Å²) in [5, 5.41) is 3.55. The van der Waals surface area contributed by atoms with Crippen molar-refractivity contribution in [2.75, 3.05) is 26.9 Å². The van der Waals surface area contributed by atoms with Gasteiger partial charge in [-0.2, -0.15) is 0 Å². The van der Waals surface area contributed by atoms with Gasteiger partial charge >= 0.3 is 0 Å². The zero-order valence-corrected chi connectivity index (χ0v) is 10.8. The van der Waals surface area contributed by atoms with E-state index in [1.165, 1.54) is 0 Å². The maximum Gasteiger partial charge on any atom is 0.109 e. The minimum atomic E-state index is 0.368. The molecular formula is C13H25NO2. The van der Waals surface area contributed by atoms with Crippen molar-refractivity contribution in [1.29, 1.82) is 0 Å². The number of methoxy groups -OCH3 is 1. The Balaban J connectivity index is 2.42. The molecule has 0 bridgehead atoms. The van der Waals surface area contributed by atoms with Crippen molar-refractivity contribution in [2.45, 2.75) is 39.2 Å². The van der Waals surface area contributed by atoms with Crippen LogP contribution in [-0.2, 0) is 9.47 Å². The first-order valence-corrected chi connectivity index (χ1v) is 6.33. The molecule has 1 heterocycles. The van der Waals surface area contributed by atoms with Crippen LogP contribution in [0.1, 0.15) is 33.1 Å². The lowest BCUT2D eigenvalue weighted by Gasteiger charge is -2.22. The summed E-state index contributed by atoms with van der Waals surface area (Å²) in [6.45, 7) is 7.12. The van der Waals surface area contributed by atoms with Gasteiger partial charge in [-0.05, 0) is 31.4 Å². The van der Waals surface area contributed by atoms with Gasteiger partial charge in [0, 0.05) is 20.1 Å². The molecule has 1 N–H and O–H groups in total. The fourth-order valence-corrected chi connectivity index (χ4v) is 2.05. The summed E-state index contributed by atoms with van der Waals surface area (Å²) in [7, 11) is 1.76. The molecule has 3 nitrogen and oxygen atoms in total. The average molecular weight is 227 g/mol. The van der Waals surface area contributed by atoms with E-state index in [0.29, 0.717) is 12.0 Å². The van der Waals surface area contributed by atoms with Crippen LogP contribution in [0, 0.1) is 5.92 Å². The quantitative estimate of drug-likeness (QED) is 0.690. The lowest BCUT2D eigenvalue weighted by atomic mass is 10.0. The first-order chi connectivity index (χ1) is 7.77. The van der Waals surface area contributed by atoms with Crippen LogP contribution in [-0.4, -0.2) is 32.9 Å². The van der Waals surface area contributed by atoms with E-state index < -0.39 is 0 Å². The fraction of sp³-hybridized carbons (Fsp3) is 0.846. The van der Waals surface area contributed by atoms with Gasteiger partial charge in [0.15, 0.2) is 0 Å². The first-order valence-electron chi connectivity index (χ1n) is 6.33. The third kappa shape index (κ3) is 4.54. The Kier molecular flexibility index (Phi) is 6.50. The van der Waals surface area contributed by atoms with Crippen molar-refractivity contribution < 1.29 is 9.47 Å². The summed E-state index contributed by atoms with van der Waals surface area (Å²) in [6, 6.07) is 0.368. The van der Waals surface area contributed by atoms with Crippen molar-refractivity contribution in [3.8, 4) is 0 Å². The topological polar surface area (TPSA) is 30.5 Å². The lowest BCUT2D eigenvalue weighted by Crippen LogP contribution is -2.34. The third-order valence-electron chi connectivity index (χ3n) is 2.81. The molecule has 2 atom stereocenters. The van der Waals surface area contributed by atoms with Crippen molar-refractivity contribution in [3.05, 3.63) is 11.8 Å². The summed E-state index contributed by atoms with van der Waals surface area (Å²) in [5.41, 5.74) is 0. The van der Waals surface area contributed by atoms with E-state index in [-0.39, 0.29) is 0 Å². The molecule has 1 aliphatic rings. The molecule has 16 heavy (non-hydrogen) atoms. The van der Waals surface area contributed by atoms with Crippen LogP contribution in [0.3, 0.4) is 0 Å². The van der Waals surface area contributed by atoms with Crippen LogP contribution in [0.4, 0.5) is 0 Å². The van der Waals surface area contributed by atoms with Crippen molar-refractivity contribution >= 4 is 0 Å². The molecule has 0 aliphatic carbocycles. The fourth-order valence-electron chi connectivity index (χ4n) is 2.05.